The molecule has 32 heavy (non-hydrogen) atoms. The summed E-state index contributed by atoms with van der Waals surface area (Å²) >= 11 is 13.2. The molecular weight excluding hydrogens is 491 g/mol. The number of anilines is 2. The predicted molar refractivity (Wildman–Crippen MR) is 131 cm³/mol. The van der Waals surface area contributed by atoms with Gasteiger partial charge in [0.1, 0.15) is 5.75 Å². The predicted octanol–water partition coefficient (Wildman–Crippen LogP) is 5.92. The van der Waals surface area contributed by atoms with Gasteiger partial charge < -0.3 is 10.1 Å². The summed E-state index contributed by atoms with van der Waals surface area (Å²) in [5, 5.41) is 3.06. The van der Waals surface area contributed by atoms with E-state index in [9.17, 15) is 13.2 Å². The number of halogens is 2. The number of carbonyl (C=O) groups excluding carboxylic acids is 1. The number of methoxy groups -OCH3 is 1. The Balaban J connectivity index is 1.63. The molecule has 1 amide bonds. The first kappa shape index (κ1) is 24.3. The van der Waals surface area contributed by atoms with Crippen LogP contribution in [0.3, 0.4) is 0 Å². The molecule has 6 nitrogen and oxygen atoms in total. The Morgan fingerprint density at radius 1 is 0.938 bits per heavy atom. The largest absolute Gasteiger partial charge is 0.497 e. The molecule has 168 valence electrons. The van der Waals surface area contributed by atoms with E-state index in [0.717, 1.165) is 10.6 Å². The molecule has 0 aliphatic heterocycles. The van der Waals surface area contributed by atoms with Crippen LogP contribution in [0.4, 0.5) is 11.4 Å². The topological polar surface area (TPSA) is 84.5 Å². The molecular formula is C22H20Cl2N2O4S2. The highest BCUT2D eigenvalue weighted by molar-refractivity contribution is 8.00. The molecule has 3 aromatic carbocycles. The smallest absolute Gasteiger partial charge is 0.261 e. The Bertz CT molecular complexity index is 1180. The molecule has 0 heterocycles. The number of carbonyl (C=O) groups is 1. The van der Waals surface area contributed by atoms with Crippen molar-refractivity contribution in [3.8, 4) is 5.75 Å². The summed E-state index contributed by atoms with van der Waals surface area (Å²) in [5.41, 5.74) is 0.742. The van der Waals surface area contributed by atoms with Gasteiger partial charge in [0.05, 0.1) is 22.9 Å². The SMILES string of the molecule is COc1ccc(SC(C)C(=O)Nc2ccc(S(=O)(=O)Nc3cc(Cl)cc(Cl)c3)cc2)cc1. The van der Waals surface area contributed by atoms with Gasteiger partial charge in [-0.25, -0.2) is 8.42 Å². The van der Waals surface area contributed by atoms with Crippen molar-refractivity contribution in [1.82, 2.24) is 0 Å². The van der Waals surface area contributed by atoms with Crippen LogP contribution in [0, 0.1) is 0 Å². The van der Waals surface area contributed by atoms with Crippen molar-refractivity contribution < 1.29 is 17.9 Å². The number of thioether (sulfide) groups is 1. The summed E-state index contributed by atoms with van der Waals surface area (Å²) in [4.78, 5) is 13.5. The van der Waals surface area contributed by atoms with Crippen LogP contribution in [0.2, 0.25) is 10.0 Å². The summed E-state index contributed by atoms with van der Waals surface area (Å²) in [6.07, 6.45) is 0. The van der Waals surface area contributed by atoms with E-state index in [0.29, 0.717) is 15.7 Å². The van der Waals surface area contributed by atoms with Gasteiger partial charge in [-0.15, -0.1) is 11.8 Å². The number of hydrogen-bond donors (Lipinski definition) is 2. The normalized spacial score (nSPS) is 12.1. The standard InChI is InChI=1S/C22H20Cl2N2O4S2/c1-14(31-20-7-5-19(30-2)6-8-20)22(27)25-17-3-9-21(10-4-17)32(28,29)26-18-12-15(23)11-16(24)13-18/h3-14,26H,1-2H3,(H,25,27). The Labute approximate surface area is 201 Å². The Kier molecular flexibility index (Phi) is 7.95. The van der Waals surface area contributed by atoms with E-state index in [1.165, 1.54) is 54.2 Å². The van der Waals surface area contributed by atoms with E-state index >= 15 is 0 Å². The second kappa shape index (κ2) is 10.5. The molecule has 0 bridgehead atoms. The lowest BCUT2D eigenvalue weighted by Gasteiger charge is -2.13. The van der Waals surface area contributed by atoms with Crippen LogP contribution in [-0.2, 0) is 14.8 Å². The lowest BCUT2D eigenvalue weighted by atomic mass is 10.3. The average Bonchev–Trinajstić information content (AvgIpc) is 2.73. The minimum Gasteiger partial charge on any atom is -0.497 e. The number of nitrogens with one attached hydrogen (secondary N) is 2. The zero-order valence-electron chi connectivity index (χ0n) is 17.1. The molecule has 0 saturated carbocycles. The van der Waals surface area contributed by atoms with E-state index in [4.69, 9.17) is 27.9 Å². The first-order valence-corrected chi connectivity index (χ1v) is 12.5. The third-order valence-electron chi connectivity index (χ3n) is 4.29. The highest BCUT2D eigenvalue weighted by atomic mass is 35.5. The van der Waals surface area contributed by atoms with Gasteiger partial charge in [0.15, 0.2) is 0 Å². The summed E-state index contributed by atoms with van der Waals surface area (Å²) in [6.45, 7) is 1.79. The molecule has 0 aliphatic carbocycles. The van der Waals surface area contributed by atoms with Gasteiger partial charge in [0.2, 0.25) is 5.91 Å². The highest BCUT2D eigenvalue weighted by Gasteiger charge is 2.17. The minimum atomic E-state index is -3.85. The number of hydrogen-bond acceptors (Lipinski definition) is 5. The Morgan fingerprint density at radius 3 is 2.09 bits per heavy atom. The molecule has 0 spiro atoms. The summed E-state index contributed by atoms with van der Waals surface area (Å²) in [7, 11) is -2.25. The monoisotopic (exact) mass is 510 g/mol. The molecule has 10 heteroatoms. The second-order valence-electron chi connectivity index (χ2n) is 6.71. The van der Waals surface area contributed by atoms with Crippen molar-refractivity contribution in [3.63, 3.8) is 0 Å². The van der Waals surface area contributed by atoms with E-state index in [2.05, 4.69) is 10.0 Å². The summed E-state index contributed by atoms with van der Waals surface area (Å²) in [5.74, 6) is 0.544. The number of amides is 1. The van der Waals surface area contributed by atoms with Crippen molar-refractivity contribution in [2.45, 2.75) is 22.0 Å². The van der Waals surface area contributed by atoms with Gasteiger partial charge in [-0.3, -0.25) is 9.52 Å². The van der Waals surface area contributed by atoms with Crippen LogP contribution in [-0.4, -0.2) is 26.7 Å². The molecule has 3 aromatic rings. The van der Waals surface area contributed by atoms with Gasteiger partial charge in [-0.2, -0.15) is 0 Å². The fourth-order valence-corrected chi connectivity index (χ4v) is 5.13. The lowest BCUT2D eigenvalue weighted by molar-refractivity contribution is -0.115. The van der Waals surface area contributed by atoms with E-state index < -0.39 is 10.0 Å². The average molecular weight is 511 g/mol. The first-order chi connectivity index (χ1) is 15.2. The number of ether oxygens (including phenoxy) is 1. The van der Waals surface area contributed by atoms with Gasteiger partial charge >= 0.3 is 0 Å². The number of benzene rings is 3. The van der Waals surface area contributed by atoms with Gasteiger partial charge in [0.25, 0.3) is 10.0 Å². The van der Waals surface area contributed by atoms with Crippen LogP contribution in [0.5, 0.6) is 5.75 Å². The zero-order valence-corrected chi connectivity index (χ0v) is 20.3. The highest BCUT2D eigenvalue weighted by Crippen LogP contribution is 2.27. The van der Waals surface area contributed by atoms with Crippen molar-refractivity contribution in [2.75, 3.05) is 17.1 Å². The maximum atomic E-state index is 12.6. The third kappa shape index (κ3) is 6.56. The number of sulfonamides is 1. The molecule has 0 fully saturated rings. The lowest BCUT2D eigenvalue weighted by Crippen LogP contribution is -2.22. The van der Waals surface area contributed by atoms with Gasteiger partial charge in [-0.1, -0.05) is 23.2 Å². The summed E-state index contributed by atoms with van der Waals surface area (Å²) < 4.78 is 32.8. The van der Waals surface area contributed by atoms with E-state index in [1.54, 1.807) is 14.0 Å². The number of rotatable bonds is 8. The van der Waals surface area contributed by atoms with Crippen LogP contribution < -0.4 is 14.8 Å². The molecule has 0 aromatic heterocycles. The van der Waals surface area contributed by atoms with Crippen molar-refractivity contribution in [3.05, 3.63) is 76.8 Å². The van der Waals surface area contributed by atoms with Crippen molar-refractivity contribution in [1.29, 1.82) is 0 Å². The van der Waals surface area contributed by atoms with Crippen LogP contribution in [0.25, 0.3) is 0 Å². The molecule has 0 radical (unpaired) electrons. The fraction of sp³-hybridized carbons (Fsp3) is 0.136. The minimum absolute atomic E-state index is 0.0345. The fourth-order valence-electron chi connectivity index (χ4n) is 2.70. The second-order valence-corrected chi connectivity index (χ2v) is 10.7. The quantitative estimate of drug-likeness (QED) is 0.367. The molecule has 3 rings (SSSR count). The van der Waals surface area contributed by atoms with Gasteiger partial charge in [-0.05, 0) is 73.7 Å². The van der Waals surface area contributed by atoms with Crippen molar-refractivity contribution >= 4 is 62.3 Å². The maximum Gasteiger partial charge on any atom is 0.261 e. The van der Waals surface area contributed by atoms with Gasteiger partial charge in [0, 0.05) is 20.6 Å². The zero-order chi connectivity index (χ0) is 23.3. The van der Waals surface area contributed by atoms with Crippen LogP contribution in [0.1, 0.15) is 6.92 Å². The molecule has 2 N–H and O–H groups in total. The summed E-state index contributed by atoms with van der Waals surface area (Å²) in [6, 6.07) is 17.7. The van der Waals surface area contributed by atoms with Crippen LogP contribution >= 0.6 is 35.0 Å². The van der Waals surface area contributed by atoms with E-state index in [-0.39, 0.29) is 21.7 Å². The molecule has 0 aliphatic rings. The third-order valence-corrected chi connectivity index (χ3v) is 7.23. The molecule has 0 saturated heterocycles. The van der Waals surface area contributed by atoms with Crippen LogP contribution in [0.15, 0.2) is 76.5 Å². The Hall–Kier alpha value is -2.39. The first-order valence-electron chi connectivity index (χ1n) is 9.37. The van der Waals surface area contributed by atoms with Crippen molar-refractivity contribution in [2.24, 2.45) is 0 Å². The Morgan fingerprint density at radius 2 is 1.53 bits per heavy atom. The maximum absolute atomic E-state index is 12.6. The van der Waals surface area contributed by atoms with E-state index in [1.807, 2.05) is 24.3 Å². The molecule has 1 atom stereocenters. The molecule has 1 unspecified atom stereocenters.